The average molecular weight is 369 g/mol. The van der Waals surface area contributed by atoms with Crippen LogP contribution in [0, 0.1) is 23.2 Å². The van der Waals surface area contributed by atoms with Crippen molar-refractivity contribution in [1.82, 2.24) is 5.43 Å². The fourth-order valence-electron chi connectivity index (χ4n) is 3.40. The van der Waals surface area contributed by atoms with Crippen LogP contribution >= 0.6 is 0 Å². The number of nitriles is 1. The van der Waals surface area contributed by atoms with Gasteiger partial charge in [0.15, 0.2) is 5.92 Å². The number of unbranched alkanes of at least 4 members (excludes halogenated alkanes) is 4. The minimum absolute atomic E-state index is 0.297. The van der Waals surface area contributed by atoms with Gasteiger partial charge in [-0.25, -0.2) is 5.43 Å². The number of nitrogens with zero attached hydrogens (tertiary/aromatic N) is 2. The molecule has 6 heteroatoms. The maximum absolute atomic E-state index is 12.6. The van der Waals surface area contributed by atoms with E-state index < -0.39 is 23.7 Å². The lowest BCUT2D eigenvalue weighted by atomic mass is 9.75. The van der Waals surface area contributed by atoms with Gasteiger partial charge in [0.2, 0.25) is 5.91 Å². The minimum atomic E-state index is -1.07. The highest BCUT2D eigenvalue weighted by molar-refractivity contribution is 6.08. The van der Waals surface area contributed by atoms with Crippen LogP contribution in [-0.4, -0.2) is 24.2 Å². The third-order valence-corrected chi connectivity index (χ3v) is 4.86. The highest BCUT2D eigenvalue weighted by Gasteiger charge is 2.43. The van der Waals surface area contributed by atoms with Crippen molar-refractivity contribution < 1.29 is 14.3 Å². The maximum atomic E-state index is 12.6. The van der Waals surface area contributed by atoms with E-state index in [0.717, 1.165) is 31.2 Å². The molecule has 1 aliphatic heterocycles. The Morgan fingerprint density at radius 3 is 2.56 bits per heavy atom. The van der Waals surface area contributed by atoms with E-state index in [9.17, 15) is 14.9 Å². The summed E-state index contributed by atoms with van der Waals surface area (Å²) < 4.78 is 5.37. The number of hydrogen-bond acceptors (Lipinski definition) is 5. The van der Waals surface area contributed by atoms with Crippen LogP contribution in [0.3, 0.4) is 0 Å². The molecule has 6 nitrogen and oxygen atoms in total. The summed E-state index contributed by atoms with van der Waals surface area (Å²) >= 11 is 0. The van der Waals surface area contributed by atoms with Gasteiger partial charge in [-0.3, -0.25) is 9.59 Å². The summed E-state index contributed by atoms with van der Waals surface area (Å²) in [6.07, 6.45) is 5.21. The lowest BCUT2D eigenvalue weighted by Gasteiger charge is -2.25. The molecule has 1 amide bonds. The molecule has 1 aliphatic rings. The lowest BCUT2D eigenvalue weighted by molar-refractivity contribution is -0.147. The predicted molar refractivity (Wildman–Crippen MR) is 103 cm³/mol. The summed E-state index contributed by atoms with van der Waals surface area (Å²) in [5.74, 6) is -3.23. The summed E-state index contributed by atoms with van der Waals surface area (Å²) in [5.41, 5.74) is 3.77. The third-order valence-electron chi connectivity index (χ3n) is 4.86. The van der Waals surface area contributed by atoms with Gasteiger partial charge in [0, 0.05) is 11.6 Å². The number of hydrazone groups is 1. The van der Waals surface area contributed by atoms with E-state index in [1.54, 1.807) is 6.92 Å². The molecule has 1 N–H and O–H groups in total. The first kappa shape index (κ1) is 20.6. The van der Waals surface area contributed by atoms with Crippen LogP contribution in [0.2, 0.25) is 0 Å². The van der Waals surface area contributed by atoms with Gasteiger partial charge in [-0.15, -0.1) is 0 Å². The van der Waals surface area contributed by atoms with Crippen molar-refractivity contribution >= 4 is 17.6 Å². The molecule has 0 bridgehead atoms. The summed E-state index contributed by atoms with van der Waals surface area (Å²) in [4.78, 5) is 24.9. The maximum Gasteiger partial charge on any atom is 0.324 e. The van der Waals surface area contributed by atoms with Gasteiger partial charge >= 0.3 is 5.97 Å². The van der Waals surface area contributed by atoms with Crippen LogP contribution in [-0.2, 0) is 14.3 Å². The summed E-state index contributed by atoms with van der Waals surface area (Å²) in [5, 5.41) is 13.7. The molecule has 1 aromatic carbocycles. The second-order valence-corrected chi connectivity index (χ2v) is 6.83. The van der Waals surface area contributed by atoms with E-state index in [-0.39, 0.29) is 5.91 Å². The number of carbonyl (C=O) groups is 2. The van der Waals surface area contributed by atoms with Gasteiger partial charge in [0.05, 0.1) is 18.6 Å². The lowest BCUT2D eigenvalue weighted by Crippen LogP contribution is -2.36. The molecule has 2 rings (SSSR count). The van der Waals surface area contributed by atoms with Crippen molar-refractivity contribution in [2.75, 3.05) is 6.61 Å². The van der Waals surface area contributed by atoms with Gasteiger partial charge in [-0.1, -0.05) is 62.9 Å². The Morgan fingerprint density at radius 1 is 1.26 bits per heavy atom. The molecule has 0 aliphatic carbocycles. The van der Waals surface area contributed by atoms with Crippen molar-refractivity contribution in [2.24, 2.45) is 16.9 Å². The van der Waals surface area contributed by atoms with Gasteiger partial charge < -0.3 is 4.74 Å². The van der Waals surface area contributed by atoms with Gasteiger partial charge in [0.1, 0.15) is 0 Å². The van der Waals surface area contributed by atoms with Crippen molar-refractivity contribution in [3.05, 3.63) is 35.9 Å². The number of esters is 1. The fourth-order valence-corrected chi connectivity index (χ4v) is 3.40. The van der Waals surface area contributed by atoms with Crippen LogP contribution in [0.4, 0.5) is 0 Å². The summed E-state index contributed by atoms with van der Waals surface area (Å²) in [7, 11) is 0. The zero-order valence-electron chi connectivity index (χ0n) is 16.0. The molecule has 1 aromatic rings. The number of benzene rings is 1. The Hall–Kier alpha value is -2.68. The molecule has 3 atom stereocenters. The van der Waals surface area contributed by atoms with Crippen molar-refractivity contribution in [2.45, 2.75) is 51.9 Å². The zero-order valence-corrected chi connectivity index (χ0v) is 16.0. The first-order valence-corrected chi connectivity index (χ1v) is 9.55. The first-order chi connectivity index (χ1) is 13.1. The number of ether oxygens (including phenoxy) is 1. The van der Waals surface area contributed by atoms with Crippen molar-refractivity contribution in [3.8, 4) is 6.07 Å². The molecule has 144 valence electrons. The molecule has 0 saturated heterocycles. The summed E-state index contributed by atoms with van der Waals surface area (Å²) in [6, 6.07) is 11.2. The predicted octanol–water partition coefficient (Wildman–Crippen LogP) is 3.55. The second-order valence-electron chi connectivity index (χ2n) is 6.83. The quantitative estimate of drug-likeness (QED) is 0.504. The molecule has 0 radical (unpaired) electrons. The fraction of sp³-hybridized carbons (Fsp3) is 0.524. The molecule has 0 saturated carbocycles. The number of carbonyl (C=O) groups excluding carboxylic acids is 2. The van der Waals surface area contributed by atoms with Crippen LogP contribution in [0.1, 0.15) is 57.4 Å². The molecule has 1 heterocycles. The number of amides is 1. The Balaban J connectivity index is 2.13. The molecule has 0 spiro atoms. The SMILES string of the molecule is CCCCCCCOC(=O)[C@H](C#N)[C@@H](c1ccccc1)[C@H]1C(=O)NN=C1C. The second kappa shape index (κ2) is 10.5. The van der Waals surface area contributed by atoms with E-state index in [1.165, 1.54) is 6.42 Å². The van der Waals surface area contributed by atoms with E-state index in [2.05, 4.69) is 23.5 Å². The van der Waals surface area contributed by atoms with Crippen molar-refractivity contribution in [1.29, 1.82) is 5.26 Å². The van der Waals surface area contributed by atoms with Crippen LogP contribution in [0.25, 0.3) is 0 Å². The average Bonchev–Trinajstić information content (AvgIpc) is 3.01. The molecular formula is C21H27N3O3. The monoisotopic (exact) mass is 369 g/mol. The van der Waals surface area contributed by atoms with E-state index in [4.69, 9.17) is 4.74 Å². The molecular weight excluding hydrogens is 342 g/mol. The van der Waals surface area contributed by atoms with Gasteiger partial charge in [0.25, 0.3) is 0 Å². The number of hydrogen-bond donors (Lipinski definition) is 1. The highest BCUT2D eigenvalue weighted by atomic mass is 16.5. The van der Waals surface area contributed by atoms with Crippen LogP contribution < -0.4 is 5.43 Å². The number of rotatable bonds is 10. The summed E-state index contributed by atoms with van der Waals surface area (Å²) in [6.45, 7) is 4.17. The standard InChI is InChI=1S/C21H27N3O3/c1-3-4-5-6-10-13-27-21(26)17(14-22)19(16-11-8-7-9-12-16)18-15(2)23-24-20(18)25/h7-9,11-12,17-19H,3-6,10,13H2,1-2H3,(H,24,25)/t17-,18+,19-/m1/s1. The van der Waals surface area contributed by atoms with Crippen LogP contribution in [0.5, 0.6) is 0 Å². The minimum Gasteiger partial charge on any atom is -0.465 e. The Morgan fingerprint density at radius 2 is 1.96 bits per heavy atom. The number of nitrogens with one attached hydrogen (secondary N) is 1. The third kappa shape index (κ3) is 5.40. The Bertz CT molecular complexity index is 709. The largest absolute Gasteiger partial charge is 0.465 e. The topological polar surface area (TPSA) is 91.5 Å². The molecule has 0 unspecified atom stereocenters. The van der Waals surface area contributed by atoms with Crippen LogP contribution in [0.15, 0.2) is 35.4 Å². The highest BCUT2D eigenvalue weighted by Crippen LogP contribution is 2.35. The van der Waals surface area contributed by atoms with E-state index in [1.807, 2.05) is 30.3 Å². The normalized spacial score (nSPS) is 18.2. The Kier molecular flexibility index (Phi) is 8.00. The smallest absolute Gasteiger partial charge is 0.324 e. The van der Waals surface area contributed by atoms with Gasteiger partial charge in [-0.2, -0.15) is 10.4 Å². The molecule has 27 heavy (non-hydrogen) atoms. The van der Waals surface area contributed by atoms with E-state index in [0.29, 0.717) is 12.3 Å². The van der Waals surface area contributed by atoms with Crippen molar-refractivity contribution in [3.63, 3.8) is 0 Å². The zero-order chi connectivity index (χ0) is 19.6. The van der Waals surface area contributed by atoms with E-state index >= 15 is 0 Å². The van der Waals surface area contributed by atoms with Gasteiger partial charge in [-0.05, 0) is 18.9 Å². The Labute approximate surface area is 160 Å². The first-order valence-electron chi connectivity index (χ1n) is 9.55. The molecule has 0 fully saturated rings. The molecule has 0 aromatic heterocycles.